The van der Waals surface area contributed by atoms with E-state index in [9.17, 15) is 10.1 Å². The van der Waals surface area contributed by atoms with E-state index >= 15 is 0 Å². The minimum absolute atomic E-state index is 0.169. The van der Waals surface area contributed by atoms with Gasteiger partial charge in [-0.05, 0) is 24.3 Å². The maximum absolute atomic E-state index is 10.6. The molecule has 1 aromatic carbocycles. The Morgan fingerprint density at radius 3 is 3.05 bits per heavy atom. The van der Waals surface area contributed by atoms with Crippen LogP contribution in [0.2, 0.25) is 0 Å². The first kappa shape index (κ1) is 11.7. The monoisotopic (exact) mass is 274 g/mol. The molecular formula is C12H10N4O2S. The first-order valence-corrected chi connectivity index (χ1v) is 6.44. The van der Waals surface area contributed by atoms with E-state index < -0.39 is 0 Å². The Bertz CT molecular complexity index is 734. The number of hydrogen-bond acceptors (Lipinski definition) is 5. The van der Waals surface area contributed by atoms with Crippen LogP contribution < -0.4 is 5.32 Å². The lowest BCUT2D eigenvalue weighted by atomic mass is 10.2. The lowest BCUT2D eigenvalue weighted by molar-refractivity contribution is -0.380. The number of nitrogens with zero attached hydrogens (tertiary/aromatic N) is 2. The van der Waals surface area contributed by atoms with Crippen LogP contribution in [0.3, 0.4) is 0 Å². The lowest BCUT2D eigenvalue weighted by Crippen LogP contribution is -1.96. The summed E-state index contributed by atoms with van der Waals surface area (Å²) in [7, 11) is 0. The number of rotatable bonds is 4. The van der Waals surface area contributed by atoms with Crippen molar-refractivity contribution in [3.8, 4) is 0 Å². The van der Waals surface area contributed by atoms with Crippen molar-refractivity contribution in [1.29, 1.82) is 0 Å². The standard InChI is InChI=1S/C12H10N4O2S/c17-16(18)12-4-2-10(19-12)7-13-9-1-3-11-8(5-9)6-14-15-11/h1-6,13H,7H2,(H,14,15). The molecule has 19 heavy (non-hydrogen) atoms. The summed E-state index contributed by atoms with van der Waals surface area (Å²) in [5.41, 5.74) is 1.95. The minimum Gasteiger partial charge on any atom is -0.380 e. The molecule has 2 N–H and O–H groups in total. The van der Waals surface area contributed by atoms with Crippen LogP contribution >= 0.6 is 11.3 Å². The van der Waals surface area contributed by atoms with Gasteiger partial charge < -0.3 is 5.32 Å². The predicted octanol–water partition coefficient (Wildman–Crippen LogP) is 3.14. The second-order valence-electron chi connectivity index (χ2n) is 4.02. The maximum Gasteiger partial charge on any atom is 0.324 e. The molecule has 96 valence electrons. The zero-order valence-corrected chi connectivity index (χ0v) is 10.6. The van der Waals surface area contributed by atoms with Gasteiger partial charge in [-0.15, -0.1) is 0 Å². The molecule has 0 atom stereocenters. The molecule has 3 rings (SSSR count). The van der Waals surface area contributed by atoms with Gasteiger partial charge in [0, 0.05) is 28.6 Å². The first-order valence-electron chi connectivity index (χ1n) is 5.62. The highest BCUT2D eigenvalue weighted by atomic mass is 32.1. The third-order valence-corrected chi connectivity index (χ3v) is 3.77. The summed E-state index contributed by atoms with van der Waals surface area (Å²) in [6.45, 7) is 0.571. The lowest BCUT2D eigenvalue weighted by Gasteiger charge is -2.04. The molecule has 0 aliphatic rings. The van der Waals surface area contributed by atoms with E-state index in [-0.39, 0.29) is 9.92 Å². The summed E-state index contributed by atoms with van der Waals surface area (Å²) in [5, 5.41) is 21.9. The van der Waals surface area contributed by atoms with Crippen molar-refractivity contribution >= 4 is 32.9 Å². The highest BCUT2D eigenvalue weighted by Crippen LogP contribution is 2.25. The van der Waals surface area contributed by atoms with Crippen LogP contribution in [0.5, 0.6) is 0 Å². The van der Waals surface area contributed by atoms with Gasteiger partial charge in [-0.2, -0.15) is 5.10 Å². The number of thiophene rings is 1. The average Bonchev–Trinajstić information content (AvgIpc) is 3.04. The molecule has 0 saturated carbocycles. The normalized spacial score (nSPS) is 10.7. The number of H-pyrrole nitrogens is 1. The second kappa shape index (κ2) is 4.69. The van der Waals surface area contributed by atoms with Crippen LogP contribution in [0.4, 0.5) is 10.7 Å². The molecule has 7 heteroatoms. The number of aromatic nitrogens is 2. The Kier molecular flexibility index (Phi) is 2.88. The Hall–Kier alpha value is -2.41. The van der Waals surface area contributed by atoms with Gasteiger partial charge in [0.15, 0.2) is 0 Å². The molecule has 0 fully saturated rings. The quantitative estimate of drug-likeness (QED) is 0.565. The van der Waals surface area contributed by atoms with E-state index in [0.717, 1.165) is 21.5 Å². The molecule has 0 bridgehead atoms. The van der Waals surface area contributed by atoms with Gasteiger partial charge in [-0.1, -0.05) is 11.3 Å². The van der Waals surface area contributed by atoms with Gasteiger partial charge in [0.25, 0.3) is 0 Å². The van der Waals surface area contributed by atoms with Crippen LogP contribution in [0.15, 0.2) is 36.5 Å². The molecular weight excluding hydrogens is 264 g/mol. The largest absolute Gasteiger partial charge is 0.380 e. The van der Waals surface area contributed by atoms with E-state index in [2.05, 4.69) is 15.5 Å². The number of anilines is 1. The maximum atomic E-state index is 10.6. The van der Waals surface area contributed by atoms with Crippen LogP contribution in [-0.2, 0) is 6.54 Å². The molecule has 2 aromatic heterocycles. The third kappa shape index (κ3) is 2.41. The predicted molar refractivity (Wildman–Crippen MR) is 74.4 cm³/mol. The average molecular weight is 274 g/mol. The molecule has 0 aliphatic heterocycles. The van der Waals surface area contributed by atoms with Crippen molar-refractivity contribution < 1.29 is 4.92 Å². The smallest absolute Gasteiger partial charge is 0.324 e. The Labute approximate surface area is 112 Å². The zero-order chi connectivity index (χ0) is 13.2. The molecule has 0 radical (unpaired) electrons. The summed E-state index contributed by atoms with van der Waals surface area (Å²) >= 11 is 1.19. The SMILES string of the molecule is O=[N+]([O-])c1ccc(CNc2ccc3[nH]ncc3c2)s1. The summed E-state index contributed by atoms with van der Waals surface area (Å²) in [5.74, 6) is 0. The second-order valence-corrected chi connectivity index (χ2v) is 5.17. The van der Waals surface area contributed by atoms with Crippen molar-refractivity contribution in [2.45, 2.75) is 6.54 Å². The van der Waals surface area contributed by atoms with Gasteiger partial charge in [-0.3, -0.25) is 15.2 Å². The van der Waals surface area contributed by atoms with Crippen molar-refractivity contribution in [3.63, 3.8) is 0 Å². The molecule has 2 heterocycles. The van der Waals surface area contributed by atoms with Gasteiger partial charge >= 0.3 is 5.00 Å². The molecule has 3 aromatic rings. The number of benzene rings is 1. The molecule has 0 spiro atoms. The fraction of sp³-hybridized carbons (Fsp3) is 0.0833. The van der Waals surface area contributed by atoms with Crippen LogP contribution in [-0.4, -0.2) is 15.1 Å². The van der Waals surface area contributed by atoms with Crippen molar-refractivity contribution in [3.05, 3.63) is 51.5 Å². The number of hydrogen-bond donors (Lipinski definition) is 2. The van der Waals surface area contributed by atoms with Crippen LogP contribution in [0, 0.1) is 10.1 Å². The number of aromatic amines is 1. The van der Waals surface area contributed by atoms with Crippen molar-refractivity contribution in [1.82, 2.24) is 10.2 Å². The Morgan fingerprint density at radius 2 is 2.26 bits per heavy atom. The molecule has 0 amide bonds. The Morgan fingerprint density at radius 1 is 1.37 bits per heavy atom. The van der Waals surface area contributed by atoms with Gasteiger partial charge in [0.2, 0.25) is 0 Å². The van der Waals surface area contributed by atoms with E-state index in [1.807, 2.05) is 18.2 Å². The molecule has 0 aliphatic carbocycles. The first-order chi connectivity index (χ1) is 9.22. The highest BCUT2D eigenvalue weighted by Gasteiger charge is 2.09. The molecule has 6 nitrogen and oxygen atoms in total. The van der Waals surface area contributed by atoms with Gasteiger partial charge in [-0.25, -0.2) is 0 Å². The summed E-state index contributed by atoms with van der Waals surface area (Å²) in [6.07, 6.45) is 1.76. The molecule has 0 saturated heterocycles. The highest BCUT2D eigenvalue weighted by molar-refractivity contribution is 7.15. The molecule has 0 unspecified atom stereocenters. The summed E-state index contributed by atoms with van der Waals surface area (Å²) in [6, 6.07) is 9.18. The van der Waals surface area contributed by atoms with E-state index in [1.54, 1.807) is 12.3 Å². The van der Waals surface area contributed by atoms with E-state index in [1.165, 1.54) is 17.4 Å². The van der Waals surface area contributed by atoms with Gasteiger partial charge in [0.05, 0.1) is 16.6 Å². The number of fused-ring (bicyclic) bond motifs is 1. The topological polar surface area (TPSA) is 83.9 Å². The third-order valence-electron chi connectivity index (χ3n) is 2.73. The Balaban J connectivity index is 1.72. The summed E-state index contributed by atoms with van der Waals surface area (Å²) in [4.78, 5) is 11.2. The van der Waals surface area contributed by atoms with Crippen molar-refractivity contribution in [2.24, 2.45) is 0 Å². The summed E-state index contributed by atoms with van der Waals surface area (Å²) < 4.78 is 0. The van der Waals surface area contributed by atoms with E-state index in [4.69, 9.17) is 0 Å². The fourth-order valence-corrected chi connectivity index (χ4v) is 2.56. The van der Waals surface area contributed by atoms with Crippen LogP contribution in [0.25, 0.3) is 10.9 Å². The van der Waals surface area contributed by atoms with Crippen molar-refractivity contribution in [2.75, 3.05) is 5.32 Å². The number of nitrogens with one attached hydrogen (secondary N) is 2. The van der Waals surface area contributed by atoms with Gasteiger partial charge in [0.1, 0.15) is 0 Å². The fourth-order valence-electron chi connectivity index (χ4n) is 1.80. The number of nitro groups is 1. The van der Waals surface area contributed by atoms with E-state index in [0.29, 0.717) is 6.54 Å². The minimum atomic E-state index is -0.369. The van der Waals surface area contributed by atoms with Crippen LogP contribution in [0.1, 0.15) is 4.88 Å². The zero-order valence-electron chi connectivity index (χ0n) is 9.79.